The van der Waals surface area contributed by atoms with E-state index in [4.69, 9.17) is 14.4 Å². The van der Waals surface area contributed by atoms with Gasteiger partial charge in [-0.15, -0.1) is 0 Å². The Morgan fingerprint density at radius 3 is 2.31 bits per heavy atom. The van der Waals surface area contributed by atoms with Crippen molar-refractivity contribution in [3.63, 3.8) is 0 Å². The van der Waals surface area contributed by atoms with E-state index in [1.165, 1.54) is 6.08 Å². The summed E-state index contributed by atoms with van der Waals surface area (Å²) < 4.78 is 50.5. The lowest BCUT2D eigenvalue weighted by Crippen LogP contribution is -2.50. The number of allylic oxidation sites excluding steroid dienone is 3. The van der Waals surface area contributed by atoms with Crippen LogP contribution in [-0.4, -0.2) is 82.0 Å². The van der Waals surface area contributed by atoms with Crippen LogP contribution in [0.5, 0.6) is 5.75 Å². The number of piperidine rings is 1. The van der Waals surface area contributed by atoms with E-state index < -0.39 is 11.7 Å². The average molecular weight is 614 g/mol. The van der Waals surface area contributed by atoms with Crippen LogP contribution in [0.2, 0.25) is 0 Å². The van der Waals surface area contributed by atoms with Crippen molar-refractivity contribution < 1.29 is 31.9 Å². The van der Waals surface area contributed by atoms with Gasteiger partial charge < -0.3 is 23.9 Å². The number of hydrogen-bond acceptors (Lipinski definition) is 7. The molecule has 3 aliphatic heterocycles. The summed E-state index contributed by atoms with van der Waals surface area (Å²) in [4.78, 5) is 36.3. The summed E-state index contributed by atoms with van der Waals surface area (Å²) in [6.07, 6.45) is -0.109. The Bertz CT molecular complexity index is 1870. The molecule has 228 valence electrons. The van der Waals surface area contributed by atoms with Gasteiger partial charge in [-0.05, 0) is 60.7 Å². The van der Waals surface area contributed by atoms with Gasteiger partial charge in [0.1, 0.15) is 22.9 Å². The lowest BCUT2D eigenvalue weighted by molar-refractivity contribution is -0.0880. The van der Waals surface area contributed by atoms with Crippen molar-refractivity contribution >= 4 is 22.9 Å². The summed E-state index contributed by atoms with van der Waals surface area (Å²) in [7, 11) is 0. The summed E-state index contributed by atoms with van der Waals surface area (Å²) in [6, 6.07) is 13.6. The summed E-state index contributed by atoms with van der Waals surface area (Å²) in [6.45, 7) is 2.00. The molecule has 0 saturated carbocycles. The summed E-state index contributed by atoms with van der Waals surface area (Å²) >= 11 is 0. The summed E-state index contributed by atoms with van der Waals surface area (Å²) in [5.74, 6) is 0.118. The first-order chi connectivity index (χ1) is 21.7. The highest BCUT2D eigenvalue weighted by Crippen LogP contribution is 2.34. The topological polar surface area (TPSA) is 103 Å². The smallest absolute Gasteiger partial charge is 0.424 e. The van der Waals surface area contributed by atoms with Crippen molar-refractivity contribution in [1.29, 1.82) is 5.26 Å². The number of hydrogen-bond donors (Lipinski definition) is 0. The van der Waals surface area contributed by atoms with E-state index in [2.05, 4.69) is 16.4 Å². The van der Waals surface area contributed by atoms with Crippen LogP contribution >= 0.6 is 0 Å². The molecule has 9 nitrogen and oxygen atoms in total. The van der Waals surface area contributed by atoms with Crippen molar-refractivity contribution in [2.24, 2.45) is 0 Å². The van der Waals surface area contributed by atoms with Crippen LogP contribution in [0.15, 0.2) is 81.8 Å². The molecule has 7 rings (SSSR count). The lowest BCUT2D eigenvalue weighted by atomic mass is 10.1. The molecule has 3 saturated heterocycles. The van der Waals surface area contributed by atoms with Crippen molar-refractivity contribution in [3.8, 4) is 11.8 Å². The van der Waals surface area contributed by atoms with Crippen molar-refractivity contribution in [2.75, 3.05) is 26.2 Å². The molecule has 2 atom stereocenters. The van der Waals surface area contributed by atoms with Crippen LogP contribution in [0.3, 0.4) is 0 Å². The second kappa shape index (κ2) is 11.0. The zero-order valence-electron chi connectivity index (χ0n) is 23.9. The van der Waals surface area contributed by atoms with Gasteiger partial charge in [-0.1, -0.05) is 5.73 Å². The van der Waals surface area contributed by atoms with E-state index in [1.807, 2.05) is 11.0 Å². The molecule has 1 aromatic heterocycles. The number of ether oxygens (including phenoxy) is 1. The molecule has 2 bridgehead atoms. The number of oxazole rings is 1. The molecule has 2 unspecified atom stereocenters. The van der Waals surface area contributed by atoms with Crippen LogP contribution in [-0.2, 0) is 0 Å². The number of nitriles is 1. The number of carbonyl (C=O) groups is 2. The van der Waals surface area contributed by atoms with Gasteiger partial charge in [-0.3, -0.25) is 9.59 Å². The third kappa shape index (κ3) is 5.48. The third-order valence-electron chi connectivity index (χ3n) is 8.69. The molecule has 0 radical (unpaired) electrons. The number of halogens is 3. The number of rotatable bonds is 5. The van der Waals surface area contributed by atoms with E-state index >= 15 is 0 Å². The zero-order valence-corrected chi connectivity index (χ0v) is 23.9. The van der Waals surface area contributed by atoms with Crippen molar-refractivity contribution in [2.45, 2.75) is 43.6 Å². The maximum atomic E-state index is 13.4. The van der Waals surface area contributed by atoms with Gasteiger partial charge in [0.2, 0.25) is 0 Å². The number of alkyl halides is 3. The third-order valence-corrected chi connectivity index (χ3v) is 8.69. The predicted molar refractivity (Wildman–Crippen MR) is 154 cm³/mol. The number of likely N-dealkylation sites (tertiary alicyclic amines) is 3. The molecule has 2 aromatic carbocycles. The first kappa shape index (κ1) is 28.5. The predicted octanol–water partition coefficient (Wildman–Crippen LogP) is 4.98. The molecule has 0 N–H and O–H groups in total. The fraction of sp³-hybridized carbons (Fsp3) is 0.333. The highest BCUT2D eigenvalue weighted by atomic mass is 19.4. The van der Waals surface area contributed by atoms with Crippen molar-refractivity contribution in [3.05, 3.63) is 94.4 Å². The number of benzene rings is 2. The standard InChI is InChI=1S/C33H26F3N5O4/c34-33(35,36)22-5-7-23(8-6-22)39-13-11-26(12-14-39)44-27-9-10-28-29(16-27)45-30(38-28)32(43)41-19-24-15-25(41)18-40(24)31(42)21-3-1-20(17-37)2-4-21/h1-5,7,9-10,16,24-26H,11-15,18-19H2. The van der Waals surface area contributed by atoms with Crippen molar-refractivity contribution in [1.82, 2.24) is 19.7 Å². The second-order valence-corrected chi connectivity index (χ2v) is 11.5. The molecule has 45 heavy (non-hydrogen) atoms. The van der Waals surface area contributed by atoms with E-state index in [9.17, 15) is 22.8 Å². The van der Waals surface area contributed by atoms with Gasteiger partial charge in [0, 0.05) is 50.7 Å². The monoisotopic (exact) mass is 613 g/mol. The van der Waals surface area contributed by atoms with Gasteiger partial charge in [0.15, 0.2) is 5.58 Å². The summed E-state index contributed by atoms with van der Waals surface area (Å²) in [5, 5.41) is 9.00. The Hall–Kier alpha value is -5.23. The fourth-order valence-corrected chi connectivity index (χ4v) is 6.34. The SMILES string of the molecule is N#Cc1ccc(C(=O)N2CC3CC2CN3C(=O)c2nc3ccc(OC4CCN(C5=C=C=C(C(F)(F)F)C=C5)CC4)cc3o2)cc1. The molecule has 0 spiro atoms. The van der Waals surface area contributed by atoms with Gasteiger partial charge >= 0.3 is 12.1 Å². The number of fused-ring (bicyclic) bond motifs is 3. The van der Waals surface area contributed by atoms with Gasteiger partial charge in [0.25, 0.3) is 11.8 Å². The van der Waals surface area contributed by atoms with E-state index in [0.29, 0.717) is 79.1 Å². The fourth-order valence-electron chi connectivity index (χ4n) is 6.34. The normalized spacial score (nSPS) is 21.2. The number of nitrogens with zero attached hydrogens (tertiary/aromatic N) is 5. The molecule has 2 amide bonds. The Kier molecular flexibility index (Phi) is 7.00. The Morgan fingerprint density at radius 1 is 0.978 bits per heavy atom. The quantitative estimate of drug-likeness (QED) is 0.374. The van der Waals surface area contributed by atoms with Crippen LogP contribution in [0.4, 0.5) is 13.2 Å². The number of aromatic nitrogens is 1. The number of amides is 2. The minimum atomic E-state index is -4.44. The van der Waals surface area contributed by atoms with E-state index in [-0.39, 0.29) is 35.9 Å². The molecular formula is C33H26F3N5O4. The maximum absolute atomic E-state index is 13.4. The van der Waals surface area contributed by atoms with Crippen LogP contribution in [0.25, 0.3) is 11.1 Å². The van der Waals surface area contributed by atoms with E-state index in [0.717, 1.165) is 6.08 Å². The Balaban J connectivity index is 0.959. The van der Waals surface area contributed by atoms with Crippen LogP contribution < -0.4 is 4.74 Å². The Labute approximate surface area is 255 Å². The molecule has 1 aliphatic carbocycles. The number of carbonyl (C=O) groups excluding carboxylic acids is 2. The highest BCUT2D eigenvalue weighted by molar-refractivity contribution is 5.96. The second-order valence-electron chi connectivity index (χ2n) is 11.5. The molecule has 4 aliphatic rings. The summed E-state index contributed by atoms with van der Waals surface area (Å²) in [5.41, 5.74) is 6.49. The van der Waals surface area contributed by atoms with Gasteiger partial charge in [-0.25, -0.2) is 4.98 Å². The molecule has 3 aromatic rings. The van der Waals surface area contributed by atoms with E-state index in [1.54, 1.807) is 52.3 Å². The molecule has 12 heteroatoms. The minimum absolute atomic E-state index is 0.0161. The maximum Gasteiger partial charge on any atom is 0.424 e. The molecule has 4 heterocycles. The van der Waals surface area contributed by atoms with Gasteiger partial charge in [-0.2, -0.15) is 18.4 Å². The average Bonchev–Trinajstić information content (AvgIpc) is 3.79. The Morgan fingerprint density at radius 2 is 1.69 bits per heavy atom. The van der Waals surface area contributed by atoms with Crippen LogP contribution in [0, 0.1) is 11.3 Å². The first-order valence-electron chi connectivity index (χ1n) is 14.6. The van der Waals surface area contributed by atoms with Gasteiger partial charge in [0.05, 0.1) is 29.4 Å². The highest BCUT2D eigenvalue weighted by Gasteiger charge is 2.48. The largest absolute Gasteiger partial charge is 0.490 e. The lowest BCUT2D eigenvalue weighted by Gasteiger charge is -2.33. The van der Waals surface area contributed by atoms with Crippen LogP contribution in [0.1, 0.15) is 45.9 Å². The number of piperazine rings is 1. The minimum Gasteiger partial charge on any atom is -0.490 e. The zero-order chi connectivity index (χ0) is 31.3. The molecule has 3 fully saturated rings. The molecular weight excluding hydrogens is 587 g/mol. The first-order valence-corrected chi connectivity index (χ1v) is 14.6.